The van der Waals surface area contributed by atoms with E-state index < -0.39 is 29.8 Å². The van der Waals surface area contributed by atoms with E-state index in [-0.39, 0.29) is 42.9 Å². The fraction of sp³-hybridized carbons (Fsp3) is 0.600. The number of hydrogen-bond donors (Lipinski definition) is 2. The molecule has 6 nitrogen and oxygen atoms in total. The number of ether oxygens (including phenoxy) is 1. The Morgan fingerprint density at radius 2 is 1.83 bits per heavy atom. The van der Waals surface area contributed by atoms with Crippen molar-refractivity contribution in [3.05, 3.63) is 29.6 Å². The average molecular weight is 433 g/mol. The number of nitrogens with zero attached hydrogens (tertiary/aromatic N) is 1. The molecule has 0 aromatic heterocycles. The normalized spacial score (nSPS) is 16.9. The molecule has 0 spiro atoms. The van der Waals surface area contributed by atoms with Crippen molar-refractivity contribution >= 4 is 11.8 Å². The van der Waals surface area contributed by atoms with Gasteiger partial charge in [-0.05, 0) is 45.7 Å². The molecule has 1 fully saturated rings. The van der Waals surface area contributed by atoms with Gasteiger partial charge in [0.2, 0.25) is 5.91 Å². The van der Waals surface area contributed by atoms with E-state index in [9.17, 15) is 22.8 Å². The molecule has 2 rings (SSSR count). The van der Waals surface area contributed by atoms with Gasteiger partial charge in [-0.15, -0.1) is 0 Å². The van der Waals surface area contributed by atoms with Crippen LogP contribution in [0, 0.1) is 5.82 Å². The van der Waals surface area contributed by atoms with Crippen molar-refractivity contribution in [2.24, 2.45) is 0 Å². The highest BCUT2D eigenvalue weighted by Gasteiger charge is 2.35. The van der Waals surface area contributed by atoms with Crippen molar-refractivity contribution in [3.8, 4) is 5.75 Å². The number of alkyl halides is 3. The molecule has 1 aromatic carbocycles. The van der Waals surface area contributed by atoms with E-state index in [1.54, 1.807) is 0 Å². The molecule has 0 aliphatic carbocycles. The highest BCUT2D eigenvalue weighted by molar-refractivity contribution is 5.94. The second kappa shape index (κ2) is 9.63. The molecular weight excluding hydrogens is 406 g/mol. The Hall–Kier alpha value is -2.36. The summed E-state index contributed by atoms with van der Waals surface area (Å²) in [6.45, 7) is 3.00. The summed E-state index contributed by atoms with van der Waals surface area (Å²) in [5.74, 6) is -2.35. The van der Waals surface area contributed by atoms with E-state index in [4.69, 9.17) is 0 Å². The smallest absolute Gasteiger partial charge is 0.387 e. The highest BCUT2D eigenvalue weighted by atomic mass is 19.3. The molecule has 0 bridgehead atoms. The van der Waals surface area contributed by atoms with Gasteiger partial charge in [0.15, 0.2) is 0 Å². The predicted octanol–water partition coefficient (Wildman–Crippen LogP) is 2.88. The molecule has 2 amide bonds. The van der Waals surface area contributed by atoms with Crippen molar-refractivity contribution in [1.82, 2.24) is 15.5 Å². The molecule has 1 heterocycles. The summed E-state index contributed by atoms with van der Waals surface area (Å²) in [6, 6.07) is 2.55. The third-order valence-electron chi connectivity index (χ3n) is 4.56. The fourth-order valence-corrected chi connectivity index (χ4v) is 3.16. The van der Waals surface area contributed by atoms with Gasteiger partial charge in [-0.3, -0.25) is 14.5 Å². The molecule has 168 valence electrons. The van der Waals surface area contributed by atoms with E-state index >= 15 is 4.39 Å². The van der Waals surface area contributed by atoms with E-state index in [0.29, 0.717) is 13.1 Å². The van der Waals surface area contributed by atoms with E-state index in [1.807, 2.05) is 25.7 Å². The molecule has 0 radical (unpaired) electrons. The number of hydrogen-bond acceptors (Lipinski definition) is 4. The number of carbonyl (C=O) groups is 2. The first-order chi connectivity index (χ1) is 13.8. The minimum atomic E-state index is -3.16. The first kappa shape index (κ1) is 23.9. The van der Waals surface area contributed by atoms with Crippen LogP contribution in [0.4, 0.5) is 17.6 Å². The summed E-state index contributed by atoms with van der Waals surface area (Å²) in [5.41, 5.74) is -2.27. The monoisotopic (exact) mass is 433 g/mol. The lowest BCUT2D eigenvalue weighted by Crippen LogP contribution is -2.51. The van der Waals surface area contributed by atoms with Crippen LogP contribution in [0.15, 0.2) is 18.2 Å². The Morgan fingerprint density at radius 1 is 1.20 bits per heavy atom. The van der Waals surface area contributed by atoms with Gasteiger partial charge in [0.05, 0.1) is 13.1 Å². The fourth-order valence-electron chi connectivity index (χ4n) is 3.16. The number of benzene rings is 1. The maximum atomic E-state index is 15.0. The lowest BCUT2D eigenvalue weighted by Gasteiger charge is -2.36. The Labute approximate surface area is 172 Å². The Kier molecular flexibility index (Phi) is 7.68. The van der Waals surface area contributed by atoms with Crippen LogP contribution in [-0.4, -0.2) is 60.7 Å². The second-order valence-corrected chi connectivity index (χ2v) is 8.46. The van der Waals surface area contributed by atoms with Crippen LogP contribution >= 0.6 is 0 Å². The first-order valence-electron chi connectivity index (χ1n) is 9.61. The van der Waals surface area contributed by atoms with Gasteiger partial charge >= 0.3 is 6.61 Å². The van der Waals surface area contributed by atoms with Crippen LogP contribution in [-0.2, 0) is 4.79 Å². The van der Waals surface area contributed by atoms with E-state index in [2.05, 4.69) is 15.4 Å². The maximum Gasteiger partial charge on any atom is 0.387 e. The number of likely N-dealkylation sites (tertiary alicyclic amines) is 1. The lowest BCUT2D eigenvalue weighted by molar-refractivity contribution is -0.124. The quantitative estimate of drug-likeness (QED) is 0.649. The van der Waals surface area contributed by atoms with Gasteiger partial charge < -0.3 is 15.4 Å². The first-order valence-corrected chi connectivity index (χ1v) is 9.61. The Bertz CT molecular complexity index is 760. The van der Waals surface area contributed by atoms with Gasteiger partial charge in [0.1, 0.15) is 17.2 Å². The maximum absolute atomic E-state index is 15.0. The van der Waals surface area contributed by atoms with Crippen LogP contribution in [0.25, 0.3) is 0 Å². The summed E-state index contributed by atoms with van der Waals surface area (Å²) in [7, 11) is 0. The summed E-state index contributed by atoms with van der Waals surface area (Å²) in [6.07, 6.45) is 0.220. The zero-order valence-corrected chi connectivity index (χ0v) is 17.2. The van der Waals surface area contributed by atoms with Crippen LogP contribution in [0.1, 0.15) is 44.0 Å². The molecule has 0 saturated carbocycles. The lowest BCUT2D eigenvalue weighted by atomic mass is 9.93. The standard InChI is InChI=1S/C20H27F4N3O3/c1-19(2,3)26-16(28)11-27-6-4-20(24,5-7-27)12-25-17(29)13-8-14(21)10-15(9-13)30-18(22)23/h8-10,18H,4-7,11-12H2,1-3H3,(H,25,29)(H,26,28). The number of halogens is 4. The van der Waals surface area contributed by atoms with Crippen LogP contribution in [0.2, 0.25) is 0 Å². The molecule has 2 N–H and O–H groups in total. The molecule has 1 saturated heterocycles. The molecule has 1 aromatic rings. The summed E-state index contributed by atoms with van der Waals surface area (Å²) < 4.78 is 57.3. The molecule has 30 heavy (non-hydrogen) atoms. The van der Waals surface area contributed by atoms with Gasteiger partial charge in [-0.2, -0.15) is 8.78 Å². The van der Waals surface area contributed by atoms with Crippen LogP contribution < -0.4 is 15.4 Å². The molecule has 1 aliphatic rings. The molecular formula is C20H27F4N3O3. The molecule has 1 aliphatic heterocycles. The van der Waals surface area contributed by atoms with Crippen LogP contribution in [0.5, 0.6) is 5.75 Å². The Morgan fingerprint density at radius 3 is 2.40 bits per heavy atom. The topological polar surface area (TPSA) is 70.7 Å². The van der Waals surface area contributed by atoms with Crippen LogP contribution in [0.3, 0.4) is 0 Å². The Balaban J connectivity index is 1.86. The van der Waals surface area contributed by atoms with E-state index in [0.717, 1.165) is 18.2 Å². The zero-order chi connectivity index (χ0) is 22.5. The van der Waals surface area contributed by atoms with Gasteiger partial charge in [-0.1, -0.05) is 0 Å². The zero-order valence-electron chi connectivity index (χ0n) is 17.2. The molecule has 0 atom stereocenters. The van der Waals surface area contributed by atoms with Crippen molar-refractivity contribution < 1.29 is 31.9 Å². The van der Waals surface area contributed by atoms with Crippen molar-refractivity contribution in [1.29, 1.82) is 0 Å². The number of amides is 2. The predicted molar refractivity (Wildman–Crippen MR) is 103 cm³/mol. The number of nitrogens with one attached hydrogen (secondary N) is 2. The summed E-state index contributed by atoms with van der Waals surface area (Å²) in [4.78, 5) is 26.0. The third-order valence-corrected chi connectivity index (χ3v) is 4.56. The van der Waals surface area contributed by atoms with Gasteiger partial charge in [0.25, 0.3) is 5.91 Å². The molecule has 0 unspecified atom stereocenters. The van der Waals surface area contributed by atoms with E-state index in [1.165, 1.54) is 0 Å². The molecule has 10 heteroatoms. The minimum absolute atomic E-state index is 0.110. The van der Waals surface area contributed by atoms with Crippen molar-refractivity contribution in [3.63, 3.8) is 0 Å². The third kappa shape index (κ3) is 7.81. The van der Waals surface area contributed by atoms with Crippen molar-refractivity contribution in [2.75, 3.05) is 26.2 Å². The number of piperidine rings is 1. The summed E-state index contributed by atoms with van der Waals surface area (Å²) in [5, 5.41) is 5.23. The minimum Gasteiger partial charge on any atom is -0.435 e. The summed E-state index contributed by atoms with van der Waals surface area (Å²) >= 11 is 0. The number of rotatable bonds is 7. The largest absolute Gasteiger partial charge is 0.435 e. The SMILES string of the molecule is CC(C)(C)NC(=O)CN1CCC(F)(CNC(=O)c2cc(F)cc(OC(F)F)c2)CC1. The second-order valence-electron chi connectivity index (χ2n) is 8.46. The van der Waals surface area contributed by atoms with Gasteiger partial charge in [0, 0.05) is 30.3 Å². The average Bonchev–Trinajstić information content (AvgIpc) is 2.59. The number of carbonyl (C=O) groups excluding carboxylic acids is 2. The van der Waals surface area contributed by atoms with Gasteiger partial charge in [-0.25, -0.2) is 8.78 Å². The van der Waals surface area contributed by atoms with Crippen molar-refractivity contribution in [2.45, 2.75) is 51.4 Å². The highest BCUT2D eigenvalue weighted by Crippen LogP contribution is 2.26.